The summed E-state index contributed by atoms with van der Waals surface area (Å²) in [6.45, 7) is 3.16. The number of likely N-dealkylation sites (tertiary alicyclic amines) is 1. The summed E-state index contributed by atoms with van der Waals surface area (Å²) in [4.78, 5) is 18.8. The Morgan fingerprint density at radius 3 is 2.91 bits per heavy atom. The Morgan fingerprint density at radius 1 is 1.30 bits per heavy atom. The van der Waals surface area contributed by atoms with Crippen LogP contribution in [0.15, 0.2) is 48.7 Å². The van der Waals surface area contributed by atoms with E-state index >= 15 is 0 Å². The topological polar surface area (TPSA) is 71.2 Å². The van der Waals surface area contributed by atoms with Crippen molar-refractivity contribution in [3.8, 4) is 0 Å². The van der Waals surface area contributed by atoms with Crippen molar-refractivity contribution in [2.75, 3.05) is 13.1 Å². The number of benzene rings is 1. The van der Waals surface area contributed by atoms with Crippen molar-refractivity contribution in [1.29, 1.82) is 0 Å². The number of pyridine rings is 1. The number of hydrogen-bond donors (Lipinski definition) is 2. The van der Waals surface area contributed by atoms with Gasteiger partial charge in [0.2, 0.25) is 0 Å². The first-order valence-corrected chi connectivity index (χ1v) is 7.97. The molecule has 3 N–H and O–H groups in total. The van der Waals surface area contributed by atoms with E-state index in [9.17, 15) is 4.79 Å². The molecule has 1 fully saturated rings. The number of hydrogen-bond acceptors (Lipinski definition) is 4. The molecule has 1 aromatic carbocycles. The Labute approximate surface area is 136 Å². The second-order valence-corrected chi connectivity index (χ2v) is 5.92. The van der Waals surface area contributed by atoms with Crippen LogP contribution < -0.4 is 11.1 Å². The standard InChI is InChI=1S/C18H22N4O/c19-11-17-10-15(6-8-20-17)18(23)21-16-7-9-22(13-16)12-14-4-2-1-3-5-14/h1-6,8,10,16H,7,9,11-13,19H2,(H,21,23). The summed E-state index contributed by atoms with van der Waals surface area (Å²) < 4.78 is 0. The maximum Gasteiger partial charge on any atom is 0.251 e. The van der Waals surface area contributed by atoms with Gasteiger partial charge in [0.05, 0.1) is 5.69 Å². The number of amides is 1. The third kappa shape index (κ3) is 4.15. The average molecular weight is 310 g/mol. The van der Waals surface area contributed by atoms with Crippen LogP contribution in [-0.4, -0.2) is 34.9 Å². The van der Waals surface area contributed by atoms with E-state index in [1.54, 1.807) is 18.3 Å². The second-order valence-electron chi connectivity index (χ2n) is 5.92. The van der Waals surface area contributed by atoms with Crippen LogP contribution in [0.5, 0.6) is 0 Å². The molecule has 5 nitrogen and oxygen atoms in total. The van der Waals surface area contributed by atoms with E-state index in [4.69, 9.17) is 5.73 Å². The highest BCUT2D eigenvalue weighted by atomic mass is 16.1. The molecule has 120 valence electrons. The number of nitrogens with zero attached hydrogens (tertiary/aromatic N) is 2. The van der Waals surface area contributed by atoms with Gasteiger partial charge in [-0.3, -0.25) is 14.7 Å². The first-order chi connectivity index (χ1) is 11.2. The lowest BCUT2D eigenvalue weighted by Crippen LogP contribution is -2.37. The van der Waals surface area contributed by atoms with Gasteiger partial charge in [0.25, 0.3) is 5.91 Å². The molecule has 1 atom stereocenters. The molecule has 1 aromatic heterocycles. The van der Waals surface area contributed by atoms with Crippen LogP contribution in [0.2, 0.25) is 0 Å². The van der Waals surface area contributed by atoms with Crippen LogP contribution >= 0.6 is 0 Å². The minimum Gasteiger partial charge on any atom is -0.348 e. The van der Waals surface area contributed by atoms with Gasteiger partial charge >= 0.3 is 0 Å². The molecular weight excluding hydrogens is 288 g/mol. The van der Waals surface area contributed by atoms with E-state index in [0.717, 1.165) is 31.7 Å². The molecule has 1 unspecified atom stereocenters. The van der Waals surface area contributed by atoms with Gasteiger partial charge < -0.3 is 11.1 Å². The quantitative estimate of drug-likeness (QED) is 0.879. The molecule has 1 saturated heterocycles. The summed E-state index contributed by atoms with van der Waals surface area (Å²) >= 11 is 0. The van der Waals surface area contributed by atoms with E-state index in [1.165, 1.54) is 5.56 Å². The summed E-state index contributed by atoms with van der Waals surface area (Å²) in [5, 5.41) is 3.11. The van der Waals surface area contributed by atoms with E-state index in [2.05, 4.69) is 39.5 Å². The Hall–Kier alpha value is -2.24. The van der Waals surface area contributed by atoms with Crippen molar-refractivity contribution in [2.45, 2.75) is 25.6 Å². The SMILES string of the molecule is NCc1cc(C(=O)NC2CCN(Cc3ccccc3)C2)ccn1. The molecule has 0 bridgehead atoms. The summed E-state index contributed by atoms with van der Waals surface area (Å²) in [5.41, 5.74) is 8.24. The normalized spacial score (nSPS) is 18.0. The summed E-state index contributed by atoms with van der Waals surface area (Å²) in [6.07, 6.45) is 2.61. The lowest BCUT2D eigenvalue weighted by atomic mass is 10.2. The molecular formula is C18H22N4O. The van der Waals surface area contributed by atoms with Gasteiger partial charge in [-0.05, 0) is 24.1 Å². The fourth-order valence-corrected chi connectivity index (χ4v) is 2.94. The lowest BCUT2D eigenvalue weighted by molar-refractivity contribution is 0.0937. The monoisotopic (exact) mass is 310 g/mol. The van der Waals surface area contributed by atoms with Crippen molar-refractivity contribution in [1.82, 2.24) is 15.2 Å². The predicted molar refractivity (Wildman–Crippen MR) is 89.7 cm³/mol. The molecule has 0 saturated carbocycles. The van der Waals surface area contributed by atoms with Crippen molar-refractivity contribution in [3.05, 3.63) is 65.5 Å². The number of carbonyl (C=O) groups excluding carboxylic acids is 1. The highest BCUT2D eigenvalue weighted by Gasteiger charge is 2.24. The first-order valence-electron chi connectivity index (χ1n) is 7.97. The number of nitrogens with two attached hydrogens (primary N) is 1. The zero-order valence-electron chi connectivity index (χ0n) is 13.1. The Balaban J connectivity index is 1.54. The van der Waals surface area contributed by atoms with E-state index < -0.39 is 0 Å². The average Bonchev–Trinajstić information content (AvgIpc) is 3.02. The van der Waals surface area contributed by atoms with Crippen LogP contribution in [0.1, 0.15) is 28.0 Å². The number of rotatable bonds is 5. The molecule has 1 amide bonds. The fourth-order valence-electron chi connectivity index (χ4n) is 2.94. The van der Waals surface area contributed by atoms with Crippen LogP contribution in [-0.2, 0) is 13.1 Å². The summed E-state index contributed by atoms with van der Waals surface area (Å²) in [5.74, 6) is -0.0475. The molecule has 0 spiro atoms. The molecule has 2 heterocycles. The highest BCUT2D eigenvalue weighted by Crippen LogP contribution is 2.14. The van der Waals surface area contributed by atoms with Crippen LogP contribution in [0.3, 0.4) is 0 Å². The van der Waals surface area contributed by atoms with Gasteiger partial charge in [-0.1, -0.05) is 30.3 Å². The third-order valence-corrected chi connectivity index (χ3v) is 4.14. The molecule has 3 rings (SSSR count). The van der Waals surface area contributed by atoms with E-state index in [0.29, 0.717) is 12.1 Å². The molecule has 0 radical (unpaired) electrons. The highest BCUT2D eigenvalue weighted by molar-refractivity contribution is 5.94. The Morgan fingerprint density at radius 2 is 2.13 bits per heavy atom. The van der Waals surface area contributed by atoms with Gasteiger partial charge in [-0.15, -0.1) is 0 Å². The Kier molecular flexibility index (Phi) is 5.00. The van der Waals surface area contributed by atoms with Crippen molar-refractivity contribution in [2.24, 2.45) is 5.73 Å². The molecule has 23 heavy (non-hydrogen) atoms. The molecule has 1 aliphatic heterocycles. The first kappa shape index (κ1) is 15.6. The van der Waals surface area contributed by atoms with Crippen LogP contribution in [0, 0.1) is 0 Å². The second kappa shape index (κ2) is 7.35. The van der Waals surface area contributed by atoms with Gasteiger partial charge in [0, 0.05) is 44.0 Å². The van der Waals surface area contributed by atoms with Crippen LogP contribution in [0.4, 0.5) is 0 Å². The van der Waals surface area contributed by atoms with Crippen molar-refractivity contribution < 1.29 is 4.79 Å². The summed E-state index contributed by atoms with van der Waals surface area (Å²) in [7, 11) is 0. The van der Waals surface area contributed by atoms with Crippen LogP contribution in [0.25, 0.3) is 0 Å². The number of nitrogens with one attached hydrogen (secondary N) is 1. The fraction of sp³-hybridized carbons (Fsp3) is 0.333. The molecule has 5 heteroatoms. The van der Waals surface area contributed by atoms with Crippen molar-refractivity contribution >= 4 is 5.91 Å². The minimum absolute atomic E-state index is 0.0475. The largest absolute Gasteiger partial charge is 0.348 e. The van der Waals surface area contributed by atoms with E-state index in [-0.39, 0.29) is 11.9 Å². The maximum absolute atomic E-state index is 12.3. The summed E-state index contributed by atoms with van der Waals surface area (Å²) in [6, 6.07) is 14.1. The Bertz CT molecular complexity index is 659. The smallest absolute Gasteiger partial charge is 0.251 e. The molecule has 2 aromatic rings. The minimum atomic E-state index is -0.0475. The number of aromatic nitrogens is 1. The number of carbonyl (C=O) groups is 1. The maximum atomic E-state index is 12.3. The zero-order chi connectivity index (χ0) is 16.1. The van der Waals surface area contributed by atoms with Gasteiger partial charge in [0.1, 0.15) is 0 Å². The van der Waals surface area contributed by atoms with Gasteiger partial charge in [-0.2, -0.15) is 0 Å². The molecule has 1 aliphatic rings. The zero-order valence-corrected chi connectivity index (χ0v) is 13.1. The predicted octanol–water partition coefficient (Wildman–Crippen LogP) is 1.54. The van der Waals surface area contributed by atoms with Gasteiger partial charge in [-0.25, -0.2) is 0 Å². The van der Waals surface area contributed by atoms with Crippen molar-refractivity contribution in [3.63, 3.8) is 0 Å². The third-order valence-electron chi connectivity index (χ3n) is 4.14. The van der Waals surface area contributed by atoms with Gasteiger partial charge in [0.15, 0.2) is 0 Å². The molecule has 0 aliphatic carbocycles. The lowest BCUT2D eigenvalue weighted by Gasteiger charge is -2.17. The van der Waals surface area contributed by atoms with E-state index in [1.807, 2.05) is 6.07 Å².